The van der Waals surface area contributed by atoms with Gasteiger partial charge in [-0.05, 0) is 24.7 Å². The molecule has 0 spiro atoms. The van der Waals surface area contributed by atoms with E-state index < -0.39 is 0 Å². The summed E-state index contributed by atoms with van der Waals surface area (Å²) in [6, 6.07) is 7.79. The van der Waals surface area contributed by atoms with E-state index in [4.69, 9.17) is 15.2 Å². The standard InChI is InChI=1S/C13H20N2O2/c1-15-7-8-17-12(9-15)13(14)10-3-5-11(16-2)6-4-10/h3-6,12-13H,7-9,14H2,1-2H3. The first-order chi connectivity index (χ1) is 8.20. The van der Waals surface area contributed by atoms with Crippen molar-refractivity contribution in [3.05, 3.63) is 29.8 Å². The van der Waals surface area contributed by atoms with E-state index in [0.29, 0.717) is 0 Å². The van der Waals surface area contributed by atoms with Crippen LogP contribution in [0.25, 0.3) is 0 Å². The molecule has 2 unspecified atom stereocenters. The van der Waals surface area contributed by atoms with Crippen molar-refractivity contribution in [3.8, 4) is 5.75 Å². The van der Waals surface area contributed by atoms with Crippen LogP contribution in [-0.2, 0) is 4.74 Å². The van der Waals surface area contributed by atoms with Gasteiger partial charge in [-0.15, -0.1) is 0 Å². The predicted octanol–water partition coefficient (Wildman–Crippen LogP) is 1.03. The van der Waals surface area contributed by atoms with Crippen LogP contribution in [0.1, 0.15) is 11.6 Å². The summed E-state index contributed by atoms with van der Waals surface area (Å²) in [5, 5.41) is 0. The van der Waals surface area contributed by atoms with Gasteiger partial charge < -0.3 is 20.1 Å². The van der Waals surface area contributed by atoms with Gasteiger partial charge in [-0.2, -0.15) is 0 Å². The molecule has 2 atom stereocenters. The minimum atomic E-state index is -0.0799. The van der Waals surface area contributed by atoms with Crippen LogP contribution in [0, 0.1) is 0 Å². The van der Waals surface area contributed by atoms with E-state index in [9.17, 15) is 0 Å². The summed E-state index contributed by atoms with van der Waals surface area (Å²) < 4.78 is 10.9. The van der Waals surface area contributed by atoms with E-state index in [1.807, 2.05) is 24.3 Å². The molecule has 94 valence electrons. The Morgan fingerprint density at radius 2 is 2.12 bits per heavy atom. The highest BCUT2D eigenvalue weighted by Gasteiger charge is 2.25. The number of morpholine rings is 1. The predicted molar refractivity (Wildman–Crippen MR) is 67.2 cm³/mol. The molecule has 1 aromatic rings. The fraction of sp³-hybridized carbons (Fsp3) is 0.538. The third kappa shape index (κ3) is 2.97. The molecule has 1 saturated heterocycles. The lowest BCUT2D eigenvalue weighted by Gasteiger charge is -2.33. The highest BCUT2D eigenvalue weighted by Crippen LogP contribution is 2.22. The molecule has 4 nitrogen and oxygen atoms in total. The van der Waals surface area contributed by atoms with E-state index in [0.717, 1.165) is 31.0 Å². The van der Waals surface area contributed by atoms with Crippen LogP contribution in [0.2, 0.25) is 0 Å². The van der Waals surface area contributed by atoms with Crippen molar-refractivity contribution in [2.24, 2.45) is 5.73 Å². The second-order valence-corrected chi connectivity index (χ2v) is 4.47. The first kappa shape index (κ1) is 12.4. The number of ether oxygens (including phenoxy) is 2. The number of rotatable bonds is 3. The molecule has 1 aromatic carbocycles. The van der Waals surface area contributed by atoms with Crippen LogP contribution in [0.5, 0.6) is 5.75 Å². The Balaban J connectivity index is 2.04. The van der Waals surface area contributed by atoms with Crippen molar-refractivity contribution in [2.75, 3.05) is 33.9 Å². The summed E-state index contributed by atoms with van der Waals surface area (Å²) in [5.74, 6) is 0.850. The van der Waals surface area contributed by atoms with E-state index in [-0.39, 0.29) is 12.1 Å². The van der Waals surface area contributed by atoms with Gasteiger partial charge in [0.15, 0.2) is 0 Å². The maximum atomic E-state index is 6.23. The molecule has 1 aliphatic rings. The van der Waals surface area contributed by atoms with Crippen LogP contribution in [-0.4, -0.2) is 44.9 Å². The normalized spacial score (nSPS) is 23.4. The maximum absolute atomic E-state index is 6.23. The molecule has 0 radical (unpaired) electrons. The minimum Gasteiger partial charge on any atom is -0.497 e. The summed E-state index contributed by atoms with van der Waals surface area (Å²) in [6.07, 6.45) is 0.0714. The number of methoxy groups -OCH3 is 1. The van der Waals surface area contributed by atoms with E-state index >= 15 is 0 Å². The average Bonchev–Trinajstić information content (AvgIpc) is 2.38. The molecule has 0 saturated carbocycles. The van der Waals surface area contributed by atoms with Gasteiger partial charge in [-0.25, -0.2) is 0 Å². The first-order valence-electron chi connectivity index (χ1n) is 5.90. The lowest BCUT2D eigenvalue weighted by atomic mass is 10.0. The second kappa shape index (κ2) is 5.49. The van der Waals surface area contributed by atoms with Crippen LogP contribution in [0.4, 0.5) is 0 Å². The van der Waals surface area contributed by atoms with Gasteiger partial charge in [0.2, 0.25) is 0 Å². The largest absolute Gasteiger partial charge is 0.497 e. The summed E-state index contributed by atoms with van der Waals surface area (Å²) in [4.78, 5) is 2.25. The lowest BCUT2D eigenvalue weighted by Crippen LogP contribution is -2.45. The van der Waals surface area contributed by atoms with Gasteiger partial charge >= 0.3 is 0 Å². The Labute approximate surface area is 102 Å². The van der Waals surface area contributed by atoms with Crippen molar-refractivity contribution in [1.29, 1.82) is 0 Å². The monoisotopic (exact) mass is 236 g/mol. The summed E-state index contributed by atoms with van der Waals surface area (Å²) >= 11 is 0. The molecular formula is C13H20N2O2. The molecule has 0 amide bonds. The summed E-state index contributed by atoms with van der Waals surface area (Å²) in [7, 11) is 3.75. The number of hydrogen-bond donors (Lipinski definition) is 1. The summed E-state index contributed by atoms with van der Waals surface area (Å²) in [6.45, 7) is 2.62. The van der Waals surface area contributed by atoms with Gasteiger partial charge in [-0.1, -0.05) is 12.1 Å². The fourth-order valence-electron chi connectivity index (χ4n) is 2.07. The van der Waals surface area contributed by atoms with Crippen LogP contribution < -0.4 is 10.5 Å². The molecule has 0 aliphatic carbocycles. The van der Waals surface area contributed by atoms with Crippen molar-refractivity contribution < 1.29 is 9.47 Å². The van der Waals surface area contributed by atoms with Crippen molar-refractivity contribution in [2.45, 2.75) is 12.1 Å². The number of benzene rings is 1. The van der Waals surface area contributed by atoms with Gasteiger partial charge in [-0.3, -0.25) is 0 Å². The van der Waals surface area contributed by atoms with Crippen LogP contribution in [0.15, 0.2) is 24.3 Å². The van der Waals surface area contributed by atoms with Crippen molar-refractivity contribution in [3.63, 3.8) is 0 Å². The Morgan fingerprint density at radius 1 is 1.41 bits per heavy atom. The Morgan fingerprint density at radius 3 is 2.71 bits per heavy atom. The Hall–Kier alpha value is -1.10. The molecule has 1 aliphatic heterocycles. The maximum Gasteiger partial charge on any atom is 0.118 e. The second-order valence-electron chi connectivity index (χ2n) is 4.47. The zero-order valence-corrected chi connectivity index (χ0v) is 10.4. The summed E-state index contributed by atoms with van der Waals surface area (Å²) in [5.41, 5.74) is 7.32. The third-order valence-electron chi connectivity index (χ3n) is 3.20. The Bertz CT molecular complexity index is 353. The number of nitrogens with zero attached hydrogens (tertiary/aromatic N) is 1. The quantitative estimate of drug-likeness (QED) is 0.851. The molecular weight excluding hydrogens is 216 g/mol. The Kier molecular flexibility index (Phi) is 3.99. The number of likely N-dealkylation sites (N-methyl/N-ethyl adjacent to an activating group) is 1. The van der Waals surface area contributed by atoms with Gasteiger partial charge in [0, 0.05) is 13.1 Å². The molecule has 0 bridgehead atoms. The topological polar surface area (TPSA) is 47.7 Å². The number of nitrogens with two attached hydrogens (primary N) is 1. The van der Waals surface area contributed by atoms with Crippen molar-refractivity contribution in [1.82, 2.24) is 4.90 Å². The molecule has 17 heavy (non-hydrogen) atoms. The van der Waals surface area contributed by atoms with E-state index in [2.05, 4.69) is 11.9 Å². The fourth-order valence-corrected chi connectivity index (χ4v) is 2.07. The lowest BCUT2D eigenvalue weighted by molar-refractivity contribution is -0.0326. The highest BCUT2D eigenvalue weighted by atomic mass is 16.5. The van der Waals surface area contributed by atoms with Crippen LogP contribution in [0.3, 0.4) is 0 Å². The van der Waals surface area contributed by atoms with E-state index in [1.54, 1.807) is 7.11 Å². The molecule has 1 heterocycles. The van der Waals surface area contributed by atoms with Crippen LogP contribution >= 0.6 is 0 Å². The molecule has 2 N–H and O–H groups in total. The van der Waals surface area contributed by atoms with Gasteiger partial charge in [0.05, 0.1) is 25.9 Å². The zero-order valence-electron chi connectivity index (χ0n) is 10.4. The van der Waals surface area contributed by atoms with Crippen molar-refractivity contribution >= 4 is 0 Å². The molecule has 4 heteroatoms. The average molecular weight is 236 g/mol. The van der Waals surface area contributed by atoms with Gasteiger partial charge in [0.1, 0.15) is 5.75 Å². The third-order valence-corrected chi connectivity index (χ3v) is 3.20. The SMILES string of the molecule is COc1ccc(C(N)C2CN(C)CCO2)cc1. The highest BCUT2D eigenvalue weighted by molar-refractivity contribution is 5.29. The number of hydrogen-bond acceptors (Lipinski definition) is 4. The van der Waals surface area contributed by atoms with E-state index in [1.165, 1.54) is 0 Å². The first-order valence-corrected chi connectivity index (χ1v) is 5.90. The molecule has 1 fully saturated rings. The molecule has 0 aromatic heterocycles. The minimum absolute atomic E-state index is 0.0714. The zero-order chi connectivity index (χ0) is 12.3. The molecule has 2 rings (SSSR count). The van der Waals surface area contributed by atoms with Gasteiger partial charge in [0.25, 0.3) is 0 Å². The smallest absolute Gasteiger partial charge is 0.118 e.